The molecule has 1 aliphatic heterocycles. The number of piperidine rings is 1. The van der Waals surface area contributed by atoms with Gasteiger partial charge in [-0.05, 0) is 43.4 Å². The molecule has 0 bridgehead atoms. The summed E-state index contributed by atoms with van der Waals surface area (Å²) in [6.45, 7) is 3.11. The minimum atomic E-state index is -0.415. The number of rotatable bonds is 6. The van der Waals surface area contributed by atoms with Crippen molar-refractivity contribution in [2.75, 3.05) is 19.7 Å². The van der Waals surface area contributed by atoms with E-state index in [1.54, 1.807) is 23.1 Å². The van der Waals surface area contributed by atoms with E-state index >= 15 is 0 Å². The van der Waals surface area contributed by atoms with Crippen molar-refractivity contribution in [3.05, 3.63) is 53.2 Å². The van der Waals surface area contributed by atoms with Crippen LogP contribution in [0, 0.1) is 11.2 Å². The first kappa shape index (κ1) is 18.6. The van der Waals surface area contributed by atoms with Crippen molar-refractivity contribution in [2.24, 2.45) is 5.41 Å². The summed E-state index contributed by atoms with van der Waals surface area (Å²) >= 11 is 0. The van der Waals surface area contributed by atoms with Crippen molar-refractivity contribution in [1.29, 1.82) is 0 Å². The molecule has 140 valence electrons. The first-order valence-electron chi connectivity index (χ1n) is 9.15. The smallest absolute Gasteiger partial charge is 0.276 e. The second-order valence-electron chi connectivity index (χ2n) is 7.22. The van der Waals surface area contributed by atoms with Gasteiger partial charge in [0.05, 0.1) is 6.61 Å². The average molecular weight is 360 g/mol. The molecule has 3 rings (SSSR count). The zero-order valence-electron chi connectivity index (χ0n) is 15.1. The van der Waals surface area contributed by atoms with Crippen molar-refractivity contribution >= 4 is 5.91 Å². The van der Waals surface area contributed by atoms with Gasteiger partial charge in [-0.25, -0.2) is 4.39 Å². The summed E-state index contributed by atoms with van der Waals surface area (Å²) < 4.78 is 18.4. The molecule has 2 heterocycles. The highest BCUT2D eigenvalue weighted by Crippen LogP contribution is 2.34. The number of hydrogen-bond acceptors (Lipinski definition) is 4. The van der Waals surface area contributed by atoms with Crippen molar-refractivity contribution in [3.63, 3.8) is 0 Å². The Hall–Kier alpha value is -2.21. The lowest BCUT2D eigenvalue weighted by Gasteiger charge is -2.41. The highest BCUT2D eigenvalue weighted by molar-refractivity contribution is 5.92. The molecule has 1 atom stereocenters. The molecule has 6 heteroatoms. The zero-order valence-corrected chi connectivity index (χ0v) is 15.1. The van der Waals surface area contributed by atoms with E-state index in [1.807, 2.05) is 6.92 Å². The Balaban J connectivity index is 1.73. The third-order valence-corrected chi connectivity index (χ3v) is 5.05. The highest BCUT2D eigenvalue weighted by Gasteiger charge is 2.37. The van der Waals surface area contributed by atoms with E-state index in [4.69, 9.17) is 4.52 Å². The molecule has 26 heavy (non-hydrogen) atoms. The van der Waals surface area contributed by atoms with E-state index in [0.717, 1.165) is 31.2 Å². The molecule has 0 radical (unpaired) electrons. The molecule has 1 saturated heterocycles. The molecule has 0 saturated carbocycles. The van der Waals surface area contributed by atoms with Crippen LogP contribution in [0.1, 0.15) is 48.0 Å². The van der Waals surface area contributed by atoms with Crippen LogP contribution in [0.4, 0.5) is 4.39 Å². The normalized spacial score (nSPS) is 20.3. The number of amides is 1. The number of likely N-dealkylation sites (tertiary alicyclic amines) is 1. The van der Waals surface area contributed by atoms with E-state index in [1.165, 1.54) is 12.1 Å². The molecule has 1 aromatic carbocycles. The molecule has 1 fully saturated rings. The van der Waals surface area contributed by atoms with Gasteiger partial charge < -0.3 is 14.5 Å². The van der Waals surface area contributed by atoms with Crippen LogP contribution in [0.3, 0.4) is 0 Å². The molecule has 0 aliphatic carbocycles. The monoisotopic (exact) mass is 360 g/mol. The SMILES string of the molecule is CCCc1cc(C(=O)N2CCC[C@](CO)(Cc3ccc(F)cc3)C2)no1. The van der Waals surface area contributed by atoms with Crippen LogP contribution < -0.4 is 0 Å². The van der Waals surface area contributed by atoms with Gasteiger partial charge >= 0.3 is 0 Å². The Morgan fingerprint density at radius 3 is 2.85 bits per heavy atom. The van der Waals surface area contributed by atoms with Gasteiger partial charge in [0.15, 0.2) is 5.69 Å². The van der Waals surface area contributed by atoms with Crippen LogP contribution in [0.15, 0.2) is 34.9 Å². The number of halogens is 1. The van der Waals surface area contributed by atoms with Crippen LogP contribution in [0.2, 0.25) is 0 Å². The quantitative estimate of drug-likeness (QED) is 0.859. The van der Waals surface area contributed by atoms with Crippen molar-refractivity contribution < 1.29 is 18.8 Å². The van der Waals surface area contributed by atoms with Crippen molar-refractivity contribution in [1.82, 2.24) is 10.1 Å². The largest absolute Gasteiger partial charge is 0.396 e. The van der Waals surface area contributed by atoms with Gasteiger partial charge in [-0.3, -0.25) is 4.79 Å². The topological polar surface area (TPSA) is 66.6 Å². The summed E-state index contributed by atoms with van der Waals surface area (Å²) in [4.78, 5) is 14.5. The van der Waals surface area contributed by atoms with Crippen molar-refractivity contribution in [3.8, 4) is 0 Å². The predicted octanol–water partition coefficient (Wildman–Crippen LogP) is 3.22. The Kier molecular flexibility index (Phi) is 5.71. The lowest BCUT2D eigenvalue weighted by atomic mass is 9.75. The standard InChI is InChI=1S/C20H25FN2O3/c1-2-4-17-11-18(22-26-17)19(25)23-10-3-9-20(13-23,14-24)12-15-5-7-16(21)8-6-15/h5-8,11,24H,2-4,9-10,12-14H2,1H3/t20-/m0/s1. The van der Waals surface area contributed by atoms with Gasteiger partial charge in [-0.2, -0.15) is 0 Å². The number of aliphatic hydroxyl groups excluding tert-OH is 1. The van der Waals surface area contributed by atoms with Crippen molar-refractivity contribution in [2.45, 2.75) is 39.0 Å². The Bertz CT molecular complexity index is 744. The summed E-state index contributed by atoms with van der Waals surface area (Å²) in [5.74, 6) is 0.279. The van der Waals surface area contributed by atoms with Crippen LogP contribution in [-0.4, -0.2) is 40.8 Å². The number of aliphatic hydroxyl groups is 1. The molecule has 0 unspecified atom stereocenters. The Labute approximate surface area is 152 Å². The number of carbonyl (C=O) groups is 1. The fourth-order valence-corrected chi connectivity index (χ4v) is 3.69. The van der Waals surface area contributed by atoms with E-state index in [2.05, 4.69) is 5.16 Å². The molecule has 0 spiro atoms. The summed E-state index contributed by atoms with van der Waals surface area (Å²) in [5, 5.41) is 14.0. The molecule has 5 nitrogen and oxygen atoms in total. The molecule has 1 amide bonds. The minimum Gasteiger partial charge on any atom is -0.396 e. The molecule has 1 aliphatic rings. The first-order valence-corrected chi connectivity index (χ1v) is 9.15. The van der Waals surface area contributed by atoms with E-state index in [9.17, 15) is 14.3 Å². The lowest BCUT2D eigenvalue weighted by Crippen LogP contribution is -2.49. The third kappa shape index (κ3) is 4.12. The second-order valence-corrected chi connectivity index (χ2v) is 7.22. The summed E-state index contributed by atoms with van der Waals surface area (Å²) in [6.07, 6.45) is 3.93. The number of carbonyl (C=O) groups excluding carboxylic acids is 1. The van der Waals surface area contributed by atoms with E-state index in [-0.39, 0.29) is 18.3 Å². The Morgan fingerprint density at radius 1 is 1.38 bits per heavy atom. The van der Waals surface area contributed by atoms with Gasteiger partial charge in [-0.1, -0.05) is 24.2 Å². The minimum absolute atomic E-state index is 0.0198. The average Bonchev–Trinajstić information content (AvgIpc) is 3.12. The fraction of sp³-hybridized carbons (Fsp3) is 0.500. The van der Waals surface area contributed by atoms with Crippen LogP contribution in [0.5, 0.6) is 0 Å². The van der Waals surface area contributed by atoms with Gasteiger partial charge in [-0.15, -0.1) is 0 Å². The maximum absolute atomic E-state index is 13.1. The maximum atomic E-state index is 13.1. The highest BCUT2D eigenvalue weighted by atomic mass is 19.1. The number of benzene rings is 1. The fourth-order valence-electron chi connectivity index (χ4n) is 3.69. The molecular formula is C20H25FN2O3. The number of nitrogens with zero attached hydrogens (tertiary/aromatic N) is 2. The van der Waals surface area contributed by atoms with Gasteiger partial charge in [0.2, 0.25) is 0 Å². The molecular weight excluding hydrogens is 335 g/mol. The summed E-state index contributed by atoms with van der Waals surface area (Å²) in [5.41, 5.74) is 0.868. The van der Waals surface area contributed by atoms with Gasteiger partial charge in [0.25, 0.3) is 5.91 Å². The number of aryl methyl sites for hydroxylation is 1. The predicted molar refractivity (Wildman–Crippen MR) is 95.3 cm³/mol. The van der Waals surface area contributed by atoms with Crippen LogP contribution in [-0.2, 0) is 12.8 Å². The molecule has 2 aromatic rings. The first-order chi connectivity index (χ1) is 12.5. The summed E-state index contributed by atoms with van der Waals surface area (Å²) in [6, 6.07) is 8.04. The second kappa shape index (κ2) is 7.99. The third-order valence-electron chi connectivity index (χ3n) is 5.05. The maximum Gasteiger partial charge on any atom is 0.276 e. The number of aromatic nitrogens is 1. The Morgan fingerprint density at radius 2 is 2.15 bits per heavy atom. The van der Waals surface area contributed by atoms with Gasteiger partial charge in [0.1, 0.15) is 11.6 Å². The van der Waals surface area contributed by atoms with E-state index < -0.39 is 5.41 Å². The van der Waals surface area contributed by atoms with E-state index in [0.29, 0.717) is 31.0 Å². The number of hydrogen-bond donors (Lipinski definition) is 1. The molecule has 1 N–H and O–H groups in total. The molecule has 1 aromatic heterocycles. The van der Waals surface area contributed by atoms with Gasteiger partial charge in [0, 0.05) is 31.0 Å². The van der Waals surface area contributed by atoms with Crippen LogP contribution in [0.25, 0.3) is 0 Å². The summed E-state index contributed by atoms with van der Waals surface area (Å²) in [7, 11) is 0. The lowest BCUT2D eigenvalue weighted by molar-refractivity contribution is 0.0265. The van der Waals surface area contributed by atoms with Crippen LogP contribution >= 0.6 is 0 Å². The zero-order chi connectivity index (χ0) is 18.6.